The predicted molar refractivity (Wildman–Crippen MR) is 192 cm³/mol. The topological polar surface area (TPSA) is 30.9 Å². The molecule has 4 heteroatoms. The number of hydrogen-bond donors (Lipinski definition) is 0. The summed E-state index contributed by atoms with van der Waals surface area (Å²) in [6, 6.07) is 0.393. The Bertz CT molecular complexity index is 758. The molecule has 4 nitrogen and oxygen atoms in total. The summed E-state index contributed by atoms with van der Waals surface area (Å²) in [5, 5.41) is 0. The van der Waals surface area contributed by atoms with Gasteiger partial charge in [-0.25, -0.2) is 0 Å². The van der Waals surface area contributed by atoms with Crippen LogP contribution in [0, 0.1) is 5.41 Å². The third-order valence-corrected chi connectivity index (χ3v) is 9.46. The molecule has 0 bridgehead atoms. The van der Waals surface area contributed by atoms with Gasteiger partial charge in [0, 0.05) is 18.4 Å². The molecule has 1 rings (SSSR count). The number of nitrogens with zero attached hydrogens (tertiary/aromatic N) is 1. The molecule has 4 unspecified atom stereocenters. The van der Waals surface area contributed by atoms with Crippen molar-refractivity contribution in [1.29, 1.82) is 0 Å². The minimum Gasteiger partial charge on any atom is -0.327 e. The Morgan fingerprint density at radius 1 is 0.682 bits per heavy atom. The normalized spacial score (nSPS) is 22.0. The molecule has 1 aliphatic rings. The van der Waals surface area contributed by atoms with Crippen molar-refractivity contribution >= 4 is 0 Å². The lowest BCUT2D eigenvalue weighted by molar-refractivity contribution is -0.338. The Morgan fingerprint density at radius 2 is 1.14 bits per heavy atom. The minimum absolute atomic E-state index is 0.000729. The lowest BCUT2D eigenvalue weighted by Crippen LogP contribution is -2.44. The lowest BCUT2D eigenvalue weighted by Gasteiger charge is -2.38. The number of allylic oxidation sites excluding steroid dienone is 6. The highest BCUT2D eigenvalue weighted by Gasteiger charge is 2.46. The fourth-order valence-corrected chi connectivity index (χ4v) is 6.00. The molecule has 0 radical (unpaired) electrons. The van der Waals surface area contributed by atoms with Gasteiger partial charge in [-0.05, 0) is 85.2 Å². The summed E-state index contributed by atoms with van der Waals surface area (Å²) in [5.74, 6) is -0.943. The van der Waals surface area contributed by atoms with E-state index in [4.69, 9.17) is 14.2 Å². The van der Waals surface area contributed by atoms with Crippen LogP contribution in [0.3, 0.4) is 0 Å². The van der Waals surface area contributed by atoms with Gasteiger partial charge in [-0.15, -0.1) is 0 Å². The maximum atomic E-state index is 6.57. The van der Waals surface area contributed by atoms with Crippen molar-refractivity contribution in [1.82, 2.24) is 4.90 Å². The van der Waals surface area contributed by atoms with Gasteiger partial charge >= 0.3 is 0 Å². The highest BCUT2D eigenvalue weighted by atomic mass is 16.9. The van der Waals surface area contributed by atoms with Gasteiger partial charge in [0.1, 0.15) is 0 Å². The van der Waals surface area contributed by atoms with E-state index in [-0.39, 0.29) is 17.6 Å². The SMILES string of the molecule is CC/C=C\CCCCCCCC1OC(C)(OCC(C)(C)C(C)N(C)C)OC1CCCCCCC/C=C\C/C=C\CCCCC. The second kappa shape index (κ2) is 25.2. The monoisotopic (exact) mass is 618 g/mol. The molecule has 44 heavy (non-hydrogen) atoms. The molecule has 0 aromatic rings. The average molecular weight is 618 g/mol. The first kappa shape index (κ1) is 41.1. The van der Waals surface area contributed by atoms with Gasteiger partial charge in [-0.2, -0.15) is 0 Å². The second-order valence-corrected chi connectivity index (χ2v) is 14.3. The average Bonchev–Trinajstić information content (AvgIpc) is 3.32. The zero-order valence-electron chi connectivity index (χ0n) is 30.7. The van der Waals surface area contributed by atoms with E-state index in [1.54, 1.807) is 0 Å². The summed E-state index contributed by atoms with van der Waals surface area (Å²) in [7, 11) is 4.27. The summed E-state index contributed by atoms with van der Waals surface area (Å²) < 4.78 is 19.6. The van der Waals surface area contributed by atoms with Gasteiger partial charge in [0.2, 0.25) is 0 Å². The molecular weight excluding hydrogens is 542 g/mol. The van der Waals surface area contributed by atoms with Gasteiger partial charge in [0.25, 0.3) is 5.97 Å². The fraction of sp³-hybridized carbons (Fsp3) is 0.850. The van der Waals surface area contributed by atoms with E-state index in [1.165, 1.54) is 103 Å². The van der Waals surface area contributed by atoms with Gasteiger partial charge in [-0.1, -0.05) is 128 Å². The zero-order chi connectivity index (χ0) is 32.5. The quantitative estimate of drug-likeness (QED) is 0.0645. The second-order valence-electron chi connectivity index (χ2n) is 14.3. The minimum atomic E-state index is -0.943. The molecule has 0 aromatic heterocycles. The van der Waals surface area contributed by atoms with Crippen LogP contribution in [0.15, 0.2) is 36.5 Å². The van der Waals surface area contributed by atoms with Crippen molar-refractivity contribution in [2.75, 3.05) is 20.7 Å². The van der Waals surface area contributed by atoms with E-state index in [9.17, 15) is 0 Å². The molecule has 0 aliphatic carbocycles. The Labute approximate surface area is 275 Å². The van der Waals surface area contributed by atoms with Crippen molar-refractivity contribution in [2.45, 2.75) is 194 Å². The van der Waals surface area contributed by atoms with Crippen molar-refractivity contribution in [2.24, 2.45) is 5.41 Å². The van der Waals surface area contributed by atoms with Gasteiger partial charge in [0.15, 0.2) is 0 Å². The molecule has 0 amide bonds. The number of ether oxygens (including phenoxy) is 3. The van der Waals surface area contributed by atoms with Crippen LogP contribution >= 0.6 is 0 Å². The third kappa shape index (κ3) is 19.5. The molecule has 0 saturated carbocycles. The Kier molecular flexibility index (Phi) is 23.5. The number of unbranched alkanes of at least 4 members (excludes halogenated alkanes) is 13. The molecule has 4 atom stereocenters. The Morgan fingerprint density at radius 3 is 1.61 bits per heavy atom. The summed E-state index contributed by atoms with van der Waals surface area (Å²) in [5.41, 5.74) is -0.000729. The third-order valence-electron chi connectivity index (χ3n) is 9.46. The predicted octanol–water partition coefficient (Wildman–Crippen LogP) is 11.9. The molecule has 258 valence electrons. The maximum Gasteiger partial charge on any atom is 0.280 e. The number of rotatable bonds is 28. The summed E-state index contributed by atoms with van der Waals surface area (Å²) >= 11 is 0. The van der Waals surface area contributed by atoms with E-state index in [2.05, 4.69) is 90.1 Å². The first-order valence-corrected chi connectivity index (χ1v) is 18.8. The van der Waals surface area contributed by atoms with Crippen LogP contribution in [0.1, 0.15) is 170 Å². The van der Waals surface area contributed by atoms with E-state index in [0.29, 0.717) is 12.6 Å². The van der Waals surface area contributed by atoms with E-state index >= 15 is 0 Å². The number of hydrogen-bond acceptors (Lipinski definition) is 4. The highest BCUT2D eigenvalue weighted by molar-refractivity contribution is 4.92. The largest absolute Gasteiger partial charge is 0.327 e. The van der Waals surface area contributed by atoms with Crippen LogP contribution in [-0.4, -0.2) is 49.8 Å². The first-order valence-electron chi connectivity index (χ1n) is 18.8. The molecule has 1 aliphatic heterocycles. The Hall–Kier alpha value is -0.940. The van der Waals surface area contributed by atoms with Crippen LogP contribution in [0.5, 0.6) is 0 Å². The van der Waals surface area contributed by atoms with E-state index < -0.39 is 5.97 Å². The summed E-state index contributed by atoms with van der Waals surface area (Å²) in [4.78, 5) is 2.26. The van der Waals surface area contributed by atoms with Crippen LogP contribution in [0.4, 0.5) is 0 Å². The molecule has 1 saturated heterocycles. The molecule has 0 aromatic carbocycles. The fourth-order valence-electron chi connectivity index (χ4n) is 6.00. The highest BCUT2D eigenvalue weighted by Crippen LogP contribution is 2.37. The summed E-state index contributed by atoms with van der Waals surface area (Å²) in [6.45, 7) is 13.9. The molecule has 1 heterocycles. The summed E-state index contributed by atoms with van der Waals surface area (Å²) in [6.07, 6.45) is 39.1. The van der Waals surface area contributed by atoms with E-state index in [1.807, 2.05) is 6.92 Å². The molecule has 0 spiro atoms. The van der Waals surface area contributed by atoms with Crippen molar-refractivity contribution in [3.05, 3.63) is 36.5 Å². The van der Waals surface area contributed by atoms with Gasteiger partial charge in [0.05, 0.1) is 18.8 Å². The van der Waals surface area contributed by atoms with Crippen molar-refractivity contribution in [3.63, 3.8) is 0 Å². The van der Waals surface area contributed by atoms with Crippen LogP contribution in [0.2, 0.25) is 0 Å². The maximum absolute atomic E-state index is 6.57. The van der Waals surface area contributed by atoms with Crippen LogP contribution < -0.4 is 0 Å². The van der Waals surface area contributed by atoms with Crippen LogP contribution in [-0.2, 0) is 14.2 Å². The van der Waals surface area contributed by atoms with Crippen LogP contribution in [0.25, 0.3) is 0 Å². The zero-order valence-corrected chi connectivity index (χ0v) is 30.7. The van der Waals surface area contributed by atoms with Gasteiger partial charge < -0.3 is 19.1 Å². The smallest absolute Gasteiger partial charge is 0.280 e. The standard InChI is InChI=1S/C40H75NO3/c1-9-11-13-15-17-19-20-21-22-23-24-26-28-30-32-34-38-37(33-31-29-27-25-18-16-14-12-10-2)43-40(6,44-38)42-35-39(4,5)36(3)41(7)8/h12,14,17,19,21-22,36-38H,9-11,13,15-16,18,20,23-35H2,1-8H3/b14-12-,19-17-,22-21-. The molecule has 1 fully saturated rings. The van der Waals surface area contributed by atoms with Crippen molar-refractivity contribution < 1.29 is 14.2 Å². The van der Waals surface area contributed by atoms with E-state index in [0.717, 1.165) is 25.7 Å². The molecule has 0 N–H and O–H groups in total. The van der Waals surface area contributed by atoms with Crippen molar-refractivity contribution in [3.8, 4) is 0 Å². The van der Waals surface area contributed by atoms with Gasteiger partial charge in [-0.3, -0.25) is 0 Å². The lowest BCUT2D eigenvalue weighted by atomic mass is 9.86. The Balaban J connectivity index is 2.42. The molecular formula is C40H75NO3. The first-order chi connectivity index (χ1) is 21.1.